The molecule has 0 saturated carbocycles. The van der Waals surface area contributed by atoms with Gasteiger partial charge in [-0.15, -0.1) is 0 Å². The third kappa shape index (κ3) is 2.11. The van der Waals surface area contributed by atoms with Crippen molar-refractivity contribution >= 4 is 5.71 Å². The number of nitriles is 1. The van der Waals surface area contributed by atoms with Crippen LogP contribution in [0.1, 0.15) is 28.7 Å². The summed E-state index contributed by atoms with van der Waals surface area (Å²) >= 11 is 0. The van der Waals surface area contributed by atoms with E-state index in [0.29, 0.717) is 28.4 Å². The molecule has 0 fully saturated rings. The summed E-state index contributed by atoms with van der Waals surface area (Å²) in [6.07, 6.45) is 2.03. The predicted molar refractivity (Wildman–Crippen MR) is 85.3 cm³/mol. The maximum atomic E-state index is 14.3. The summed E-state index contributed by atoms with van der Waals surface area (Å²) < 4.78 is 16.0. The van der Waals surface area contributed by atoms with Crippen molar-refractivity contribution in [2.24, 2.45) is 4.99 Å². The van der Waals surface area contributed by atoms with Crippen LogP contribution < -0.4 is 0 Å². The van der Waals surface area contributed by atoms with Crippen LogP contribution in [0.25, 0.3) is 5.69 Å². The molecule has 1 aliphatic rings. The van der Waals surface area contributed by atoms with Crippen LogP contribution in [0.4, 0.5) is 4.39 Å². The van der Waals surface area contributed by atoms with E-state index in [1.165, 1.54) is 6.07 Å². The number of halogens is 1. The van der Waals surface area contributed by atoms with Gasteiger partial charge in [-0.1, -0.05) is 12.1 Å². The highest BCUT2D eigenvalue weighted by Gasteiger charge is 2.25. The second-order valence-corrected chi connectivity index (χ2v) is 5.33. The lowest BCUT2D eigenvalue weighted by molar-refractivity contribution is 0.177. The molecule has 0 spiro atoms. The van der Waals surface area contributed by atoms with Gasteiger partial charge in [0, 0.05) is 23.5 Å². The van der Waals surface area contributed by atoms with Crippen molar-refractivity contribution in [2.45, 2.75) is 6.23 Å². The summed E-state index contributed by atoms with van der Waals surface area (Å²) in [5.41, 5.74) is 2.22. The lowest BCUT2D eigenvalue weighted by atomic mass is 9.98. The molecule has 1 unspecified atom stereocenters. The van der Waals surface area contributed by atoms with Crippen molar-refractivity contribution in [3.8, 4) is 11.8 Å². The van der Waals surface area contributed by atoms with Gasteiger partial charge in [-0.2, -0.15) is 5.26 Å². The van der Waals surface area contributed by atoms with Crippen LogP contribution in [0.2, 0.25) is 0 Å². The highest BCUT2D eigenvalue weighted by molar-refractivity contribution is 6.15. The first kappa shape index (κ1) is 14.3. The minimum atomic E-state index is -1.23. The first-order valence-electron chi connectivity index (χ1n) is 7.28. The van der Waals surface area contributed by atoms with E-state index in [1.807, 2.05) is 0 Å². The van der Waals surface area contributed by atoms with E-state index in [9.17, 15) is 14.8 Å². The predicted octanol–water partition coefficient (Wildman–Crippen LogP) is 2.72. The number of fused-ring (bicyclic) bond motifs is 3. The van der Waals surface area contributed by atoms with Gasteiger partial charge in [-0.3, -0.25) is 4.57 Å². The Bertz CT molecular complexity index is 1020. The zero-order valence-corrected chi connectivity index (χ0v) is 12.4. The van der Waals surface area contributed by atoms with Gasteiger partial charge in [0.25, 0.3) is 0 Å². The Morgan fingerprint density at radius 3 is 2.79 bits per heavy atom. The van der Waals surface area contributed by atoms with E-state index >= 15 is 0 Å². The van der Waals surface area contributed by atoms with Crippen LogP contribution in [-0.4, -0.2) is 20.4 Å². The fourth-order valence-corrected chi connectivity index (χ4v) is 2.83. The number of imidazole rings is 1. The molecule has 0 saturated heterocycles. The summed E-state index contributed by atoms with van der Waals surface area (Å²) in [4.78, 5) is 8.41. The summed E-state index contributed by atoms with van der Waals surface area (Å²) in [6.45, 7) is 0. The fraction of sp³-hybridized carbons (Fsp3) is 0.0556. The van der Waals surface area contributed by atoms with Crippen molar-refractivity contribution < 1.29 is 9.50 Å². The molecule has 0 bridgehead atoms. The van der Waals surface area contributed by atoms with Crippen LogP contribution in [0.15, 0.2) is 59.9 Å². The van der Waals surface area contributed by atoms with Crippen LogP contribution in [0.5, 0.6) is 0 Å². The second kappa shape index (κ2) is 5.41. The van der Waals surface area contributed by atoms with Crippen molar-refractivity contribution in [1.82, 2.24) is 9.55 Å². The Hall–Kier alpha value is -3.30. The smallest absolute Gasteiger partial charge is 0.205 e. The second-order valence-electron chi connectivity index (χ2n) is 5.33. The average Bonchev–Trinajstić information content (AvgIpc) is 3.05. The number of hydrogen-bond donors (Lipinski definition) is 1. The molecular weight excluding hydrogens is 307 g/mol. The zero-order valence-electron chi connectivity index (χ0n) is 12.4. The topological polar surface area (TPSA) is 74.2 Å². The van der Waals surface area contributed by atoms with Crippen molar-refractivity contribution in [2.75, 3.05) is 0 Å². The molecule has 1 N–H and O–H groups in total. The number of benzene rings is 2. The first-order chi connectivity index (χ1) is 11.7. The molecule has 2 aromatic carbocycles. The van der Waals surface area contributed by atoms with E-state index in [2.05, 4.69) is 16.0 Å². The number of hydrogen-bond acceptors (Lipinski definition) is 4. The monoisotopic (exact) mass is 318 g/mol. The minimum absolute atomic E-state index is 0.263. The quantitative estimate of drug-likeness (QED) is 0.749. The van der Waals surface area contributed by atoms with Gasteiger partial charge in [0.15, 0.2) is 5.82 Å². The fourth-order valence-electron chi connectivity index (χ4n) is 2.83. The normalized spacial score (nSPS) is 15.7. The van der Waals surface area contributed by atoms with Crippen LogP contribution in [-0.2, 0) is 0 Å². The summed E-state index contributed by atoms with van der Waals surface area (Å²) in [7, 11) is 0. The molecule has 5 nitrogen and oxygen atoms in total. The summed E-state index contributed by atoms with van der Waals surface area (Å²) in [5.74, 6) is -0.108. The maximum absolute atomic E-state index is 14.3. The van der Waals surface area contributed by atoms with Gasteiger partial charge in [-0.05, 0) is 30.3 Å². The average molecular weight is 318 g/mol. The van der Waals surface area contributed by atoms with Gasteiger partial charge in [0.1, 0.15) is 5.82 Å². The lowest BCUT2D eigenvalue weighted by Gasteiger charge is -2.12. The van der Waals surface area contributed by atoms with E-state index in [1.54, 1.807) is 53.4 Å². The molecule has 0 amide bonds. The molecule has 1 aliphatic heterocycles. The minimum Gasteiger partial charge on any atom is -0.365 e. The Balaban J connectivity index is 2.06. The molecule has 6 heteroatoms. The largest absolute Gasteiger partial charge is 0.365 e. The number of aliphatic imine (C=N–C) groups is 1. The van der Waals surface area contributed by atoms with Gasteiger partial charge in [0.2, 0.25) is 6.23 Å². The standard InChI is InChI=1S/C18H11FN4O/c19-14-4-2-1-3-12(14)16-13-9-11(10-20)5-6-15(13)23-8-7-21-17(23)18(24)22-16/h1-9,18,24H. The van der Waals surface area contributed by atoms with Crippen LogP contribution >= 0.6 is 0 Å². The van der Waals surface area contributed by atoms with Crippen LogP contribution in [0.3, 0.4) is 0 Å². The Labute approximate surface area is 137 Å². The van der Waals surface area contributed by atoms with E-state index in [0.717, 1.165) is 0 Å². The Morgan fingerprint density at radius 1 is 1.17 bits per heavy atom. The lowest BCUT2D eigenvalue weighted by Crippen LogP contribution is -2.09. The maximum Gasteiger partial charge on any atom is 0.205 e. The molecular formula is C18H11FN4O. The Kier molecular flexibility index (Phi) is 3.22. The molecule has 0 aliphatic carbocycles. The molecule has 1 atom stereocenters. The first-order valence-corrected chi connectivity index (χ1v) is 7.28. The molecule has 24 heavy (non-hydrogen) atoms. The van der Waals surface area contributed by atoms with Crippen molar-refractivity contribution in [3.05, 3.63) is 83.2 Å². The molecule has 3 aromatic rings. The number of aromatic nitrogens is 2. The van der Waals surface area contributed by atoms with E-state index < -0.39 is 12.0 Å². The molecule has 1 aromatic heterocycles. The van der Waals surface area contributed by atoms with Crippen LogP contribution in [0, 0.1) is 17.1 Å². The van der Waals surface area contributed by atoms with E-state index in [-0.39, 0.29) is 5.56 Å². The van der Waals surface area contributed by atoms with Crippen molar-refractivity contribution in [1.29, 1.82) is 5.26 Å². The third-order valence-corrected chi connectivity index (χ3v) is 3.92. The number of aliphatic hydroxyl groups excluding tert-OH is 1. The van der Waals surface area contributed by atoms with Gasteiger partial charge >= 0.3 is 0 Å². The third-order valence-electron chi connectivity index (χ3n) is 3.92. The highest BCUT2D eigenvalue weighted by atomic mass is 19.1. The molecule has 0 radical (unpaired) electrons. The zero-order chi connectivity index (χ0) is 16.7. The highest BCUT2D eigenvalue weighted by Crippen LogP contribution is 2.30. The van der Waals surface area contributed by atoms with Gasteiger partial charge < -0.3 is 5.11 Å². The molecule has 2 heterocycles. The Morgan fingerprint density at radius 2 is 2.00 bits per heavy atom. The summed E-state index contributed by atoms with van der Waals surface area (Å²) in [5, 5.41) is 19.6. The molecule has 116 valence electrons. The number of aliphatic hydroxyl groups is 1. The van der Waals surface area contributed by atoms with Gasteiger partial charge in [0.05, 0.1) is 23.0 Å². The van der Waals surface area contributed by atoms with E-state index in [4.69, 9.17) is 0 Å². The SMILES string of the molecule is N#Cc1ccc2c(c1)C(c1ccccc1F)=NC(O)c1nccn1-2. The number of nitrogens with zero attached hydrogens (tertiary/aromatic N) is 4. The van der Waals surface area contributed by atoms with Gasteiger partial charge in [-0.25, -0.2) is 14.4 Å². The number of rotatable bonds is 1. The molecule has 4 rings (SSSR count). The van der Waals surface area contributed by atoms with Crippen molar-refractivity contribution in [3.63, 3.8) is 0 Å². The summed E-state index contributed by atoms with van der Waals surface area (Å²) in [6, 6.07) is 13.3.